The molecule has 2 nitrogen and oxygen atoms in total. The van der Waals surface area contributed by atoms with Crippen LogP contribution in [0.2, 0.25) is 0 Å². The predicted molar refractivity (Wildman–Crippen MR) is 63.9 cm³/mol. The number of rotatable bonds is 3. The van der Waals surface area contributed by atoms with E-state index in [1.165, 1.54) is 12.1 Å². The number of benzene rings is 1. The lowest BCUT2D eigenvalue weighted by Gasteiger charge is -2.26. The Bertz CT molecular complexity index is 483. The molecular formula is C14H14FNO. The number of pyridine rings is 1. The lowest BCUT2D eigenvalue weighted by atomic mass is 9.87. The molecule has 2 aromatic rings. The van der Waals surface area contributed by atoms with E-state index < -0.39 is 11.4 Å². The van der Waals surface area contributed by atoms with Crippen LogP contribution in [0.3, 0.4) is 0 Å². The van der Waals surface area contributed by atoms with Crippen molar-refractivity contribution in [3.63, 3.8) is 0 Å². The molecule has 0 spiro atoms. The molecule has 0 amide bonds. The first-order valence-corrected chi connectivity index (χ1v) is 5.57. The Kier molecular flexibility index (Phi) is 3.20. The highest BCUT2D eigenvalue weighted by Gasteiger charge is 2.30. The molecule has 1 aromatic carbocycles. The Balaban J connectivity index is 2.48. The molecule has 0 aliphatic heterocycles. The number of aromatic nitrogens is 1. The highest BCUT2D eigenvalue weighted by molar-refractivity contribution is 5.31. The summed E-state index contributed by atoms with van der Waals surface area (Å²) in [7, 11) is 0. The monoisotopic (exact) mass is 231 g/mol. The molecule has 3 heteroatoms. The topological polar surface area (TPSA) is 33.1 Å². The van der Waals surface area contributed by atoms with Crippen molar-refractivity contribution in [2.75, 3.05) is 0 Å². The number of nitrogens with zero attached hydrogens (tertiary/aromatic N) is 1. The largest absolute Gasteiger partial charge is 0.379 e. The molecule has 0 bridgehead atoms. The van der Waals surface area contributed by atoms with Gasteiger partial charge in [0.1, 0.15) is 11.4 Å². The van der Waals surface area contributed by atoms with Crippen molar-refractivity contribution in [2.24, 2.45) is 0 Å². The van der Waals surface area contributed by atoms with Crippen LogP contribution in [0.25, 0.3) is 0 Å². The molecule has 0 aliphatic rings. The first kappa shape index (κ1) is 11.7. The summed E-state index contributed by atoms with van der Waals surface area (Å²) in [5.41, 5.74) is 0.0730. The van der Waals surface area contributed by atoms with E-state index in [2.05, 4.69) is 4.98 Å². The van der Waals surface area contributed by atoms with Crippen molar-refractivity contribution in [3.8, 4) is 0 Å². The van der Waals surface area contributed by atoms with Gasteiger partial charge in [0.25, 0.3) is 0 Å². The normalized spacial score (nSPS) is 14.3. The van der Waals surface area contributed by atoms with Gasteiger partial charge in [-0.1, -0.05) is 37.3 Å². The Morgan fingerprint density at radius 3 is 2.41 bits per heavy atom. The minimum atomic E-state index is -1.16. The second-order valence-corrected chi connectivity index (χ2v) is 3.94. The SMILES string of the molecule is CCC(O)(c1ccccc1)c1ccc(F)cn1. The van der Waals surface area contributed by atoms with Crippen molar-refractivity contribution in [1.29, 1.82) is 0 Å². The summed E-state index contributed by atoms with van der Waals surface area (Å²) in [5, 5.41) is 10.7. The third kappa shape index (κ3) is 2.19. The van der Waals surface area contributed by atoms with Gasteiger partial charge in [0.15, 0.2) is 0 Å². The molecule has 17 heavy (non-hydrogen) atoms. The van der Waals surface area contributed by atoms with Crippen molar-refractivity contribution in [3.05, 3.63) is 65.7 Å². The van der Waals surface area contributed by atoms with Crippen LogP contribution in [0.15, 0.2) is 48.7 Å². The lowest BCUT2D eigenvalue weighted by molar-refractivity contribution is 0.0718. The van der Waals surface area contributed by atoms with Crippen LogP contribution >= 0.6 is 0 Å². The zero-order valence-corrected chi connectivity index (χ0v) is 9.60. The van der Waals surface area contributed by atoms with Gasteiger partial charge in [-0.2, -0.15) is 0 Å². The van der Waals surface area contributed by atoms with E-state index in [0.29, 0.717) is 12.1 Å². The first-order valence-electron chi connectivity index (χ1n) is 5.57. The molecule has 1 heterocycles. The molecule has 0 fully saturated rings. The molecule has 1 aromatic heterocycles. The van der Waals surface area contributed by atoms with Gasteiger partial charge in [-0.05, 0) is 24.1 Å². The van der Waals surface area contributed by atoms with E-state index in [9.17, 15) is 9.50 Å². The number of hydrogen-bond donors (Lipinski definition) is 1. The summed E-state index contributed by atoms with van der Waals surface area (Å²) in [6.07, 6.45) is 1.61. The fourth-order valence-electron chi connectivity index (χ4n) is 1.87. The molecule has 0 saturated carbocycles. The van der Waals surface area contributed by atoms with Gasteiger partial charge < -0.3 is 5.11 Å². The lowest BCUT2D eigenvalue weighted by Crippen LogP contribution is -2.27. The summed E-state index contributed by atoms with van der Waals surface area (Å²) in [6, 6.07) is 12.1. The molecule has 1 N–H and O–H groups in total. The Labute approximate surface area is 99.8 Å². The van der Waals surface area contributed by atoms with Crippen molar-refractivity contribution in [2.45, 2.75) is 18.9 Å². The number of halogens is 1. The standard InChI is InChI=1S/C14H14FNO/c1-2-14(17,11-6-4-3-5-7-11)13-9-8-12(15)10-16-13/h3-10,17H,2H2,1H3. The highest BCUT2D eigenvalue weighted by Crippen LogP contribution is 2.31. The van der Waals surface area contributed by atoms with Crippen molar-refractivity contribution < 1.29 is 9.50 Å². The maximum absolute atomic E-state index is 12.8. The van der Waals surface area contributed by atoms with Crippen LogP contribution in [-0.4, -0.2) is 10.1 Å². The second kappa shape index (κ2) is 4.63. The Morgan fingerprint density at radius 2 is 1.88 bits per heavy atom. The molecule has 2 rings (SSSR count). The average molecular weight is 231 g/mol. The summed E-state index contributed by atoms with van der Waals surface area (Å²) in [4.78, 5) is 3.97. The quantitative estimate of drug-likeness (QED) is 0.881. The van der Waals surface area contributed by atoms with E-state index in [-0.39, 0.29) is 0 Å². The summed E-state index contributed by atoms with van der Waals surface area (Å²) in [6.45, 7) is 1.87. The van der Waals surface area contributed by atoms with Gasteiger partial charge in [-0.25, -0.2) is 4.39 Å². The van der Waals surface area contributed by atoms with Gasteiger partial charge in [0, 0.05) is 0 Å². The van der Waals surface area contributed by atoms with E-state index in [1.807, 2.05) is 37.3 Å². The molecule has 88 valence electrons. The minimum absolute atomic E-state index is 0.403. The van der Waals surface area contributed by atoms with E-state index >= 15 is 0 Å². The summed E-state index contributed by atoms with van der Waals surface area (Å²) in [5.74, 6) is -0.403. The highest BCUT2D eigenvalue weighted by atomic mass is 19.1. The van der Waals surface area contributed by atoms with Crippen LogP contribution in [0.1, 0.15) is 24.6 Å². The third-order valence-corrected chi connectivity index (χ3v) is 2.91. The van der Waals surface area contributed by atoms with Crippen LogP contribution in [-0.2, 0) is 5.60 Å². The second-order valence-electron chi connectivity index (χ2n) is 3.94. The van der Waals surface area contributed by atoms with Crippen LogP contribution < -0.4 is 0 Å². The van der Waals surface area contributed by atoms with Crippen molar-refractivity contribution in [1.82, 2.24) is 4.98 Å². The molecule has 0 radical (unpaired) electrons. The Morgan fingerprint density at radius 1 is 1.18 bits per heavy atom. The van der Waals surface area contributed by atoms with Gasteiger partial charge in [-0.3, -0.25) is 4.98 Å². The van der Waals surface area contributed by atoms with Gasteiger partial charge in [-0.15, -0.1) is 0 Å². The average Bonchev–Trinajstić information content (AvgIpc) is 2.40. The number of hydrogen-bond acceptors (Lipinski definition) is 2. The fourth-order valence-corrected chi connectivity index (χ4v) is 1.87. The van der Waals surface area contributed by atoms with Crippen molar-refractivity contribution >= 4 is 0 Å². The molecular weight excluding hydrogens is 217 g/mol. The van der Waals surface area contributed by atoms with Crippen LogP contribution in [0.4, 0.5) is 4.39 Å². The predicted octanol–water partition coefficient (Wildman–Crippen LogP) is 2.87. The molecule has 0 aliphatic carbocycles. The van der Waals surface area contributed by atoms with Gasteiger partial charge in [0.05, 0.1) is 11.9 Å². The summed E-state index contributed by atoms with van der Waals surface area (Å²) < 4.78 is 12.8. The zero-order valence-electron chi connectivity index (χ0n) is 9.60. The summed E-state index contributed by atoms with van der Waals surface area (Å²) >= 11 is 0. The maximum atomic E-state index is 12.8. The van der Waals surface area contributed by atoms with E-state index in [1.54, 1.807) is 0 Å². The van der Waals surface area contributed by atoms with E-state index in [0.717, 1.165) is 11.8 Å². The van der Waals surface area contributed by atoms with Crippen LogP contribution in [0, 0.1) is 5.82 Å². The fraction of sp³-hybridized carbons (Fsp3) is 0.214. The zero-order chi connectivity index (χ0) is 12.3. The van der Waals surface area contributed by atoms with Gasteiger partial charge in [0.2, 0.25) is 0 Å². The molecule has 0 saturated heterocycles. The maximum Gasteiger partial charge on any atom is 0.141 e. The Hall–Kier alpha value is -1.74. The number of aliphatic hydroxyl groups is 1. The first-order chi connectivity index (χ1) is 8.16. The third-order valence-electron chi connectivity index (χ3n) is 2.91. The van der Waals surface area contributed by atoms with Crippen LogP contribution in [0.5, 0.6) is 0 Å². The van der Waals surface area contributed by atoms with Gasteiger partial charge >= 0.3 is 0 Å². The van der Waals surface area contributed by atoms with E-state index in [4.69, 9.17) is 0 Å². The molecule has 1 atom stereocenters. The molecule has 1 unspecified atom stereocenters. The minimum Gasteiger partial charge on any atom is -0.379 e. The smallest absolute Gasteiger partial charge is 0.141 e.